The van der Waals surface area contributed by atoms with Gasteiger partial charge in [-0.15, -0.1) is 0 Å². The zero-order valence-corrected chi connectivity index (χ0v) is 13.0. The van der Waals surface area contributed by atoms with Gasteiger partial charge in [-0.05, 0) is 31.7 Å². The predicted octanol–water partition coefficient (Wildman–Crippen LogP) is 1.33. The van der Waals surface area contributed by atoms with Crippen LogP contribution in [-0.4, -0.2) is 42.6 Å². The predicted molar refractivity (Wildman–Crippen MR) is 77.7 cm³/mol. The van der Waals surface area contributed by atoms with Gasteiger partial charge in [-0.25, -0.2) is 8.42 Å². The molecule has 1 aromatic rings. The third-order valence-electron chi connectivity index (χ3n) is 3.82. The molecule has 0 bridgehead atoms. The van der Waals surface area contributed by atoms with Gasteiger partial charge in [0.25, 0.3) is 10.0 Å². The Morgan fingerprint density at radius 3 is 3.00 bits per heavy atom. The van der Waals surface area contributed by atoms with Crippen molar-refractivity contribution in [3.05, 3.63) is 11.8 Å². The number of nitrogens with zero attached hydrogens (tertiary/aromatic N) is 2. The molecule has 2 heterocycles. The molecule has 0 radical (unpaired) electrons. The lowest BCUT2D eigenvalue weighted by molar-refractivity contribution is 0.414. The molecule has 0 saturated carbocycles. The fourth-order valence-corrected chi connectivity index (χ4v) is 4.11. The summed E-state index contributed by atoms with van der Waals surface area (Å²) in [4.78, 5) is 0. The van der Waals surface area contributed by atoms with Crippen LogP contribution in [0.5, 0.6) is 0 Å². The Bertz CT molecular complexity index is 526. The highest BCUT2D eigenvalue weighted by Gasteiger charge is 2.29. The maximum Gasteiger partial charge on any atom is 0.260 e. The van der Waals surface area contributed by atoms with Crippen molar-refractivity contribution < 1.29 is 8.42 Å². The topological polar surface area (TPSA) is 78.1 Å². The van der Waals surface area contributed by atoms with Gasteiger partial charge in [-0.3, -0.25) is 5.10 Å². The van der Waals surface area contributed by atoms with Gasteiger partial charge in [0.2, 0.25) is 0 Å². The number of hydrogen-bond donors (Lipinski definition) is 2. The first-order valence-electron chi connectivity index (χ1n) is 7.28. The molecule has 114 valence electrons. The summed E-state index contributed by atoms with van der Waals surface area (Å²) in [6, 6.07) is 0. The first kappa shape index (κ1) is 15.5. The van der Waals surface area contributed by atoms with Gasteiger partial charge in [0, 0.05) is 25.2 Å². The van der Waals surface area contributed by atoms with Crippen LogP contribution in [-0.2, 0) is 16.6 Å². The zero-order chi connectivity index (χ0) is 14.6. The maximum atomic E-state index is 12.7. The minimum absolute atomic E-state index is 0.244. The normalized spacial score (nSPS) is 21.8. The van der Waals surface area contributed by atoms with E-state index in [4.69, 9.17) is 0 Å². The van der Waals surface area contributed by atoms with Gasteiger partial charge >= 0.3 is 0 Å². The van der Waals surface area contributed by atoms with Crippen LogP contribution in [0.4, 0.5) is 0 Å². The molecule has 2 rings (SSSR count). The summed E-state index contributed by atoms with van der Waals surface area (Å²) in [6.45, 7) is 6.70. The summed E-state index contributed by atoms with van der Waals surface area (Å²) in [5.74, 6) is 0.596. The first-order valence-corrected chi connectivity index (χ1v) is 8.72. The Morgan fingerprint density at radius 1 is 1.45 bits per heavy atom. The lowest BCUT2D eigenvalue weighted by Gasteiger charge is -2.19. The molecule has 1 aliphatic heterocycles. The van der Waals surface area contributed by atoms with E-state index in [-0.39, 0.29) is 5.03 Å². The number of aromatic nitrogens is 2. The maximum absolute atomic E-state index is 12.7. The molecule has 2 N–H and O–H groups in total. The molecular weight excluding hydrogens is 276 g/mol. The molecular formula is C13H24N4O2S. The number of aromatic amines is 1. The van der Waals surface area contributed by atoms with Crippen LogP contribution in [0.2, 0.25) is 0 Å². The monoisotopic (exact) mass is 300 g/mol. The van der Waals surface area contributed by atoms with Crippen LogP contribution in [0.25, 0.3) is 0 Å². The number of rotatable bonds is 5. The summed E-state index contributed by atoms with van der Waals surface area (Å²) >= 11 is 0. The number of nitrogens with one attached hydrogen (secondary N) is 2. The minimum Gasteiger partial charge on any atom is -0.313 e. The van der Waals surface area contributed by atoms with Gasteiger partial charge in [-0.1, -0.05) is 13.8 Å². The van der Waals surface area contributed by atoms with Crippen molar-refractivity contribution >= 4 is 10.0 Å². The quantitative estimate of drug-likeness (QED) is 0.860. The van der Waals surface area contributed by atoms with E-state index in [0.29, 0.717) is 31.1 Å². The van der Waals surface area contributed by atoms with E-state index in [1.165, 1.54) is 0 Å². The van der Waals surface area contributed by atoms with Crippen molar-refractivity contribution in [2.24, 2.45) is 5.92 Å². The Balaban J connectivity index is 2.19. The number of H-pyrrole nitrogens is 1. The van der Waals surface area contributed by atoms with E-state index in [0.717, 1.165) is 25.8 Å². The molecule has 20 heavy (non-hydrogen) atoms. The zero-order valence-electron chi connectivity index (χ0n) is 12.2. The standard InChI is InChI=1S/C13H24N4O2S/c1-3-14-9-12-10-15-16-13(12)20(18,19)17-7-4-5-11(2)6-8-17/h10-11,14H,3-9H2,1-2H3,(H,15,16). The molecule has 1 aromatic heterocycles. The molecule has 6 nitrogen and oxygen atoms in total. The third kappa shape index (κ3) is 3.39. The Kier molecular flexibility index (Phi) is 5.17. The van der Waals surface area contributed by atoms with E-state index in [1.54, 1.807) is 10.5 Å². The van der Waals surface area contributed by atoms with E-state index in [1.807, 2.05) is 6.92 Å². The van der Waals surface area contributed by atoms with Gasteiger partial charge in [0.05, 0.1) is 6.20 Å². The smallest absolute Gasteiger partial charge is 0.260 e. The van der Waals surface area contributed by atoms with E-state index in [2.05, 4.69) is 22.4 Å². The minimum atomic E-state index is -3.45. The highest BCUT2D eigenvalue weighted by atomic mass is 32.2. The van der Waals surface area contributed by atoms with E-state index >= 15 is 0 Å². The van der Waals surface area contributed by atoms with Gasteiger partial charge < -0.3 is 5.32 Å². The number of hydrogen-bond acceptors (Lipinski definition) is 4. The molecule has 1 fully saturated rings. The summed E-state index contributed by atoms with van der Waals surface area (Å²) in [7, 11) is -3.45. The van der Waals surface area contributed by atoms with Crippen LogP contribution in [0.1, 0.15) is 38.7 Å². The van der Waals surface area contributed by atoms with Crippen molar-refractivity contribution in [3.63, 3.8) is 0 Å². The molecule has 7 heteroatoms. The Morgan fingerprint density at radius 2 is 2.25 bits per heavy atom. The van der Waals surface area contributed by atoms with Crippen LogP contribution in [0.15, 0.2) is 11.2 Å². The first-order chi connectivity index (χ1) is 9.55. The Hall–Kier alpha value is -0.920. The summed E-state index contributed by atoms with van der Waals surface area (Å²) < 4.78 is 27.0. The molecule has 0 aromatic carbocycles. The lowest BCUT2D eigenvalue weighted by Crippen LogP contribution is -2.33. The largest absolute Gasteiger partial charge is 0.313 e. The molecule has 0 spiro atoms. The average molecular weight is 300 g/mol. The van der Waals surface area contributed by atoms with Gasteiger partial charge in [0.15, 0.2) is 5.03 Å². The Labute approximate surface area is 121 Å². The van der Waals surface area contributed by atoms with Crippen LogP contribution < -0.4 is 5.32 Å². The highest BCUT2D eigenvalue weighted by molar-refractivity contribution is 7.89. The van der Waals surface area contributed by atoms with Crippen molar-refractivity contribution in [1.82, 2.24) is 19.8 Å². The van der Waals surface area contributed by atoms with Gasteiger partial charge in [-0.2, -0.15) is 9.40 Å². The van der Waals surface area contributed by atoms with E-state index in [9.17, 15) is 8.42 Å². The fourth-order valence-electron chi connectivity index (χ4n) is 2.51. The van der Waals surface area contributed by atoms with E-state index < -0.39 is 10.0 Å². The van der Waals surface area contributed by atoms with Crippen molar-refractivity contribution in [3.8, 4) is 0 Å². The molecule has 1 aliphatic rings. The summed E-state index contributed by atoms with van der Waals surface area (Å²) in [5.41, 5.74) is 0.712. The molecule has 1 unspecified atom stereocenters. The van der Waals surface area contributed by atoms with Gasteiger partial charge in [0.1, 0.15) is 0 Å². The van der Waals surface area contributed by atoms with Crippen LogP contribution >= 0.6 is 0 Å². The second-order valence-corrected chi connectivity index (χ2v) is 7.32. The molecule has 0 amide bonds. The lowest BCUT2D eigenvalue weighted by atomic mass is 10.0. The second kappa shape index (κ2) is 6.69. The number of sulfonamides is 1. The van der Waals surface area contributed by atoms with Crippen molar-refractivity contribution in [2.75, 3.05) is 19.6 Å². The molecule has 1 saturated heterocycles. The van der Waals surface area contributed by atoms with Crippen molar-refractivity contribution in [1.29, 1.82) is 0 Å². The fraction of sp³-hybridized carbons (Fsp3) is 0.769. The third-order valence-corrected chi connectivity index (χ3v) is 5.73. The molecule has 0 aliphatic carbocycles. The van der Waals surface area contributed by atoms with Crippen molar-refractivity contribution in [2.45, 2.75) is 44.7 Å². The second-order valence-electron chi connectivity index (χ2n) is 5.44. The highest BCUT2D eigenvalue weighted by Crippen LogP contribution is 2.23. The van der Waals surface area contributed by atoms with Crippen LogP contribution in [0, 0.1) is 5.92 Å². The molecule has 1 atom stereocenters. The summed E-state index contributed by atoms with van der Waals surface area (Å²) in [5, 5.41) is 9.95. The average Bonchev–Trinajstić information content (AvgIpc) is 2.78. The SMILES string of the molecule is CCNCc1cn[nH]c1S(=O)(=O)N1CCCC(C)CC1. The van der Waals surface area contributed by atoms with Crippen LogP contribution in [0.3, 0.4) is 0 Å². The summed E-state index contributed by atoms with van der Waals surface area (Å²) in [6.07, 6.45) is 4.54.